The van der Waals surface area contributed by atoms with E-state index < -0.39 is 0 Å². The van der Waals surface area contributed by atoms with Crippen molar-refractivity contribution in [3.8, 4) is 5.69 Å². The first kappa shape index (κ1) is 17.5. The number of ketones is 1. The van der Waals surface area contributed by atoms with Gasteiger partial charge in [0.1, 0.15) is 11.4 Å². The van der Waals surface area contributed by atoms with Gasteiger partial charge in [0, 0.05) is 43.0 Å². The normalized spacial score (nSPS) is 14.5. The second-order valence-electron chi connectivity index (χ2n) is 7.22. The van der Waals surface area contributed by atoms with Gasteiger partial charge in [-0.05, 0) is 56.0 Å². The molecule has 1 fully saturated rings. The number of carbonyl (C=O) groups excluding carboxylic acids is 2. The highest BCUT2D eigenvalue weighted by molar-refractivity contribution is 5.97. The van der Waals surface area contributed by atoms with E-state index in [1.54, 1.807) is 13.1 Å². The number of piperidine rings is 1. The predicted molar refractivity (Wildman–Crippen MR) is 105 cm³/mol. The van der Waals surface area contributed by atoms with E-state index in [1.165, 1.54) is 6.42 Å². The number of hydrogen-bond donors (Lipinski definition) is 0. The van der Waals surface area contributed by atoms with Gasteiger partial charge in [0.05, 0.1) is 5.56 Å². The van der Waals surface area contributed by atoms with Crippen molar-refractivity contribution in [2.75, 3.05) is 13.1 Å². The highest BCUT2D eigenvalue weighted by atomic mass is 16.2. The molecule has 1 aromatic carbocycles. The van der Waals surface area contributed by atoms with Crippen molar-refractivity contribution in [2.45, 2.75) is 32.6 Å². The molecule has 1 amide bonds. The van der Waals surface area contributed by atoms with E-state index >= 15 is 0 Å². The molecule has 2 aromatic heterocycles. The quantitative estimate of drug-likeness (QED) is 0.710. The Morgan fingerprint density at radius 2 is 1.78 bits per heavy atom. The number of amides is 1. The zero-order valence-corrected chi connectivity index (χ0v) is 15.5. The van der Waals surface area contributed by atoms with E-state index in [0.29, 0.717) is 12.0 Å². The van der Waals surface area contributed by atoms with Crippen LogP contribution in [-0.4, -0.2) is 39.2 Å². The number of fused-ring (bicyclic) bond motifs is 1. The summed E-state index contributed by atoms with van der Waals surface area (Å²) in [6, 6.07) is 11.8. The zero-order valence-electron chi connectivity index (χ0n) is 15.5. The standard InChI is InChI=1S/C22H23N3O2/c1-16(26)13-17-5-7-20(8-6-17)25-12-9-18-14-19(15-23-21(18)25)22(27)24-10-3-2-4-11-24/h5-9,12,14-15H,2-4,10-11,13H2,1H3. The molecule has 3 heterocycles. The summed E-state index contributed by atoms with van der Waals surface area (Å²) in [7, 11) is 0. The minimum atomic E-state index is 0.0745. The molecule has 0 saturated carbocycles. The predicted octanol–water partition coefficient (Wildman–Crippen LogP) is 3.78. The monoisotopic (exact) mass is 361 g/mol. The molecule has 1 saturated heterocycles. The zero-order chi connectivity index (χ0) is 18.8. The average molecular weight is 361 g/mol. The highest BCUT2D eigenvalue weighted by Gasteiger charge is 2.19. The Bertz CT molecular complexity index is 982. The summed E-state index contributed by atoms with van der Waals surface area (Å²) < 4.78 is 2.00. The molecule has 0 aliphatic carbocycles. The maximum Gasteiger partial charge on any atom is 0.255 e. The Morgan fingerprint density at radius 3 is 2.48 bits per heavy atom. The molecule has 0 unspecified atom stereocenters. The fraction of sp³-hybridized carbons (Fsp3) is 0.318. The second-order valence-corrected chi connectivity index (χ2v) is 7.22. The summed E-state index contributed by atoms with van der Waals surface area (Å²) in [4.78, 5) is 30.4. The largest absolute Gasteiger partial charge is 0.339 e. The fourth-order valence-electron chi connectivity index (χ4n) is 3.69. The number of benzene rings is 1. The number of nitrogens with zero attached hydrogens (tertiary/aromatic N) is 3. The molecule has 0 radical (unpaired) electrons. The number of carbonyl (C=O) groups is 2. The van der Waals surface area contributed by atoms with Crippen LogP contribution in [0, 0.1) is 0 Å². The van der Waals surface area contributed by atoms with Crippen molar-refractivity contribution in [3.63, 3.8) is 0 Å². The number of pyridine rings is 1. The lowest BCUT2D eigenvalue weighted by Crippen LogP contribution is -2.35. The summed E-state index contributed by atoms with van der Waals surface area (Å²) in [5, 5.41) is 0.950. The number of aromatic nitrogens is 2. The van der Waals surface area contributed by atoms with E-state index in [9.17, 15) is 9.59 Å². The van der Waals surface area contributed by atoms with Gasteiger partial charge in [-0.1, -0.05) is 12.1 Å². The van der Waals surface area contributed by atoms with Crippen LogP contribution in [0.2, 0.25) is 0 Å². The second kappa shape index (κ2) is 7.35. The molecule has 0 spiro atoms. The SMILES string of the molecule is CC(=O)Cc1ccc(-n2ccc3cc(C(=O)N4CCCCC4)cnc32)cc1. The van der Waals surface area contributed by atoms with Gasteiger partial charge in [-0.3, -0.25) is 9.59 Å². The van der Waals surface area contributed by atoms with Crippen LogP contribution in [0.5, 0.6) is 0 Å². The fourth-order valence-corrected chi connectivity index (χ4v) is 3.69. The van der Waals surface area contributed by atoms with Crippen molar-refractivity contribution in [1.29, 1.82) is 0 Å². The summed E-state index contributed by atoms with van der Waals surface area (Å²) in [6.07, 6.45) is 7.46. The number of rotatable bonds is 4. The Morgan fingerprint density at radius 1 is 1.04 bits per heavy atom. The summed E-state index contributed by atoms with van der Waals surface area (Å²) >= 11 is 0. The molecule has 138 valence electrons. The Balaban J connectivity index is 1.60. The van der Waals surface area contributed by atoms with Crippen LogP contribution in [0.3, 0.4) is 0 Å². The molecule has 5 heteroatoms. The van der Waals surface area contributed by atoms with E-state index in [2.05, 4.69) is 4.98 Å². The van der Waals surface area contributed by atoms with Crippen LogP contribution in [0.15, 0.2) is 48.8 Å². The Kier molecular flexibility index (Phi) is 4.75. The molecule has 27 heavy (non-hydrogen) atoms. The van der Waals surface area contributed by atoms with Crippen molar-refractivity contribution >= 4 is 22.7 Å². The lowest BCUT2D eigenvalue weighted by Gasteiger charge is -2.26. The molecule has 0 N–H and O–H groups in total. The van der Waals surface area contributed by atoms with Gasteiger partial charge in [-0.15, -0.1) is 0 Å². The molecular formula is C22H23N3O2. The van der Waals surface area contributed by atoms with Crippen LogP contribution >= 0.6 is 0 Å². The van der Waals surface area contributed by atoms with Crippen molar-refractivity contribution in [3.05, 3.63) is 59.9 Å². The third-order valence-electron chi connectivity index (χ3n) is 5.08. The molecule has 1 aliphatic heterocycles. The van der Waals surface area contributed by atoms with Crippen LogP contribution < -0.4 is 0 Å². The van der Waals surface area contributed by atoms with E-state index in [1.807, 2.05) is 52.1 Å². The summed E-state index contributed by atoms with van der Waals surface area (Å²) in [5.74, 6) is 0.229. The molecule has 0 bridgehead atoms. The smallest absolute Gasteiger partial charge is 0.255 e. The van der Waals surface area contributed by atoms with Gasteiger partial charge in [0.25, 0.3) is 5.91 Å². The number of hydrogen-bond acceptors (Lipinski definition) is 3. The number of likely N-dealkylation sites (tertiary alicyclic amines) is 1. The van der Waals surface area contributed by atoms with Gasteiger partial charge < -0.3 is 9.47 Å². The molecule has 1 aliphatic rings. The molecule has 4 rings (SSSR count). The maximum absolute atomic E-state index is 12.7. The highest BCUT2D eigenvalue weighted by Crippen LogP contribution is 2.21. The van der Waals surface area contributed by atoms with Crippen LogP contribution in [0.4, 0.5) is 0 Å². The van der Waals surface area contributed by atoms with Crippen LogP contribution in [0.1, 0.15) is 42.1 Å². The Hall–Kier alpha value is -2.95. The van der Waals surface area contributed by atoms with Crippen LogP contribution in [0.25, 0.3) is 16.7 Å². The molecule has 3 aromatic rings. The van der Waals surface area contributed by atoms with Crippen LogP contribution in [-0.2, 0) is 11.2 Å². The first-order chi connectivity index (χ1) is 13.1. The third kappa shape index (κ3) is 3.63. The average Bonchev–Trinajstić information content (AvgIpc) is 3.11. The first-order valence-electron chi connectivity index (χ1n) is 9.47. The molecule has 0 atom stereocenters. The molecule has 5 nitrogen and oxygen atoms in total. The number of Topliss-reactive ketones (excluding diaryl/α,β-unsaturated/α-hetero) is 1. The Labute approximate surface area is 158 Å². The van der Waals surface area contributed by atoms with Crippen molar-refractivity contribution in [1.82, 2.24) is 14.5 Å². The lowest BCUT2D eigenvalue weighted by atomic mass is 10.1. The van der Waals surface area contributed by atoms with E-state index in [-0.39, 0.29) is 11.7 Å². The minimum absolute atomic E-state index is 0.0745. The van der Waals surface area contributed by atoms with Gasteiger partial charge >= 0.3 is 0 Å². The van der Waals surface area contributed by atoms with Crippen molar-refractivity contribution < 1.29 is 9.59 Å². The van der Waals surface area contributed by atoms with Gasteiger partial charge in [0.2, 0.25) is 0 Å². The lowest BCUT2D eigenvalue weighted by molar-refractivity contribution is -0.116. The van der Waals surface area contributed by atoms with E-state index in [0.717, 1.165) is 48.2 Å². The minimum Gasteiger partial charge on any atom is -0.339 e. The third-order valence-corrected chi connectivity index (χ3v) is 5.08. The van der Waals surface area contributed by atoms with Gasteiger partial charge in [-0.2, -0.15) is 0 Å². The van der Waals surface area contributed by atoms with Crippen molar-refractivity contribution in [2.24, 2.45) is 0 Å². The van der Waals surface area contributed by atoms with E-state index in [4.69, 9.17) is 0 Å². The van der Waals surface area contributed by atoms with Gasteiger partial charge in [0.15, 0.2) is 0 Å². The summed E-state index contributed by atoms with van der Waals surface area (Å²) in [5.41, 5.74) is 3.47. The molecular weight excluding hydrogens is 338 g/mol. The summed E-state index contributed by atoms with van der Waals surface area (Å²) in [6.45, 7) is 3.27. The maximum atomic E-state index is 12.7. The topological polar surface area (TPSA) is 55.2 Å². The van der Waals surface area contributed by atoms with Gasteiger partial charge in [-0.25, -0.2) is 4.98 Å². The first-order valence-corrected chi connectivity index (χ1v) is 9.47.